The summed E-state index contributed by atoms with van der Waals surface area (Å²) in [7, 11) is 1.85. The van der Waals surface area contributed by atoms with E-state index in [-0.39, 0.29) is 0 Å². The first-order valence-electron chi connectivity index (χ1n) is 9.30. The predicted molar refractivity (Wildman–Crippen MR) is 102 cm³/mol. The number of guanidine groups is 1. The molecule has 2 fully saturated rings. The molecule has 1 aliphatic heterocycles. The van der Waals surface area contributed by atoms with Crippen molar-refractivity contribution < 1.29 is 0 Å². The minimum Gasteiger partial charge on any atom is -0.354 e. The maximum Gasteiger partial charge on any atom is 0.191 e. The van der Waals surface area contributed by atoms with Crippen LogP contribution in [0.3, 0.4) is 0 Å². The molecule has 0 spiro atoms. The van der Waals surface area contributed by atoms with Crippen LogP contribution in [0.5, 0.6) is 0 Å². The van der Waals surface area contributed by atoms with Crippen LogP contribution in [0.1, 0.15) is 54.1 Å². The fraction of sp³-hybridized carbons (Fsp3) is 0.778. The van der Waals surface area contributed by atoms with Gasteiger partial charge in [0, 0.05) is 37.1 Å². The van der Waals surface area contributed by atoms with Crippen molar-refractivity contribution in [2.45, 2.75) is 71.0 Å². The van der Waals surface area contributed by atoms with E-state index in [1.165, 1.54) is 56.5 Å². The smallest absolute Gasteiger partial charge is 0.191 e. The number of hydrogen-bond acceptors (Lipinski definition) is 4. The van der Waals surface area contributed by atoms with Crippen LogP contribution in [0.25, 0.3) is 0 Å². The molecule has 1 saturated carbocycles. The van der Waals surface area contributed by atoms with Gasteiger partial charge in [0.1, 0.15) is 5.01 Å². The van der Waals surface area contributed by atoms with Crippen LogP contribution in [0.2, 0.25) is 0 Å². The summed E-state index contributed by atoms with van der Waals surface area (Å²) in [6.07, 6.45) is 8.10. The highest BCUT2D eigenvalue weighted by Crippen LogP contribution is 2.26. The molecule has 1 aromatic heterocycles. The van der Waals surface area contributed by atoms with E-state index in [0.717, 1.165) is 29.2 Å². The Hall–Kier alpha value is -1.14. The van der Waals surface area contributed by atoms with Crippen molar-refractivity contribution in [2.75, 3.05) is 20.1 Å². The highest BCUT2D eigenvalue weighted by Gasteiger charge is 2.27. The first-order valence-corrected chi connectivity index (χ1v) is 10.1. The minimum atomic E-state index is 0.536. The van der Waals surface area contributed by atoms with Crippen molar-refractivity contribution in [3.05, 3.63) is 15.6 Å². The summed E-state index contributed by atoms with van der Waals surface area (Å²) in [6.45, 7) is 7.40. The molecule has 2 N–H and O–H groups in total. The molecule has 134 valence electrons. The lowest BCUT2D eigenvalue weighted by Crippen LogP contribution is -2.50. The van der Waals surface area contributed by atoms with Crippen molar-refractivity contribution in [3.8, 4) is 0 Å². The van der Waals surface area contributed by atoms with Crippen molar-refractivity contribution in [3.63, 3.8) is 0 Å². The standard InChI is InChI=1S/C18H31N5S/c1-13-14(2)24-17(21-13)12-20-18(19-3)22-15-8-10-23(11-9-15)16-6-4-5-7-16/h15-16H,4-12H2,1-3H3,(H2,19,20,22). The highest BCUT2D eigenvalue weighted by molar-refractivity contribution is 7.11. The molecule has 0 atom stereocenters. The van der Waals surface area contributed by atoms with Crippen molar-refractivity contribution in [2.24, 2.45) is 4.99 Å². The maximum atomic E-state index is 4.58. The van der Waals surface area contributed by atoms with Gasteiger partial charge in [-0.25, -0.2) is 4.98 Å². The number of nitrogens with one attached hydrogen (secondary N) is 2. The van der Waals surface area contributed by atoms with E-state index in [2.05, 4.69) is 39.4 Å². The van der Waals surface area contributed by atoms with Gasteiger partial charge in [0.05, 0.1) is 12.2 Å². The zero-order valence-corrected chi connectivity index (χ0v) is 16.1. The zero-order valence-electron chi connectivity index (χ0n) is 15.3. The average molecular weight is 350 g/mol. The zero-order chi connectivity index (χ0) is 16.9. The van der Waals surface area contributed by atoms with E-state index in [9.17, 15) is 0 Å². The lowest BCUT2D eigenvalue weighted by molar-refractivity contribution is 0.150. The Bertz CT molecular complexity index is 534. The summed E-state index contributed by atoms with van der Waals surface area (Å²) in [5, 5.41) is 8.14. The van der Waals surface area contributed by atoms with Gasteiger partial charge >= 0.3 is 0 Å². The first kappa shape index (κ1) is 17.7. The summed E-state index contributed by atoms with van der Waals surface area (Å²) in [5.74, 6) is 0.903. The molecule has 1 saturated heterocycles. The lowest BCUT2D eigenvalue weighted by Gasteiger charge is -2.36. The van der Waals surface area contributed by atoms with Gasteiger partial charge in [-0.2, -0.15) is 0 Å². The molecule has 1 aliphatic carbocycles. The molecule has 2 aliphatic rings. The average Bonchev–Trinajstić information content (AvgIpc) is 3.23. The van der Waals surface area contributed by atoms with Gasteiger partial charge in [-0.1, -0.05) is 12.8 Å². The lowest BCUT2D eigenvalue weighted by atomic mass is 10.0. The number of likely N-dealkylation sites (tertiary alicyclic amines) is 1. The summed E-state index contributed by atoms with van der Waals surface area (Å²) >= 11 is 1.76. The molecule has 2 heterocycles. The summed E-state index contributed by atoms with van der Waals surface area (Å²) in [4.78, 5) is 13.0. The minimum absolute atomic E-state index is 0.536. The molecular formula is C18H31N5S. The number of hydrogen-bond donors (Lipinski definition) is 2. The van der Waals surface area contributed by atoms with Crippen LogP contribution in [0, 0.1) is 13.8 Å². The predicted octanol–water partition coefficient (Wildman–Crippen LogP) is 2.83. The van der Waals surface area contributed by atoms with E-state index in [1.807, 2.05) is 7.05 Å². The molecular weight excluding hydrogens is 318 g/mol. The van der Waals surface area contributed by atoms with Crippen LogP contribution >= 0.6 is 11.3 Å². The van der Waals surface area contributed by atoms with E-state index >= 15 is 0 Å². The molecule has 0 unspecified atom stereocenters. The van der Waals surface area contributed by atoms with E-state index in [0.29, 0.717) is 6.04 Å². The van der Waals surface area contributed by atoms with Crippen LogP contribution in [-0.4, -0.2) is 48.1 Å². The second-order valence-corrected chi connectivity index (χ2v) is 8.36. The van der Waals surface area contributed by atoms with Gasteiger partial charge in [-0.3, -0.25) is 4.99 Å². The Morgan fingerprint density at radius 1 is 1.21 bits per heavy atom. The van der Waals surface area contributed by atoms with Crippen molar-refractivity contribution in [1.29, 1.82) is 0 Å². The molecule has 0 amide bonds. The van der Waals surface area contributed by atoms with E-state index < -0.39 is 0 Å². The first-order chi connectivity index (χ1) is 11.7. The molecule has 3 rings (SSSR count). The van der Waals surface area contributed by atoms with Crippen LogP contribution < -0.4 is 10.6 Å². The van der Waals surface area contributed by atoms with E-state index in [4.69, 9.17) is 0 Å². The SMILES string of the molecule is CN=C(NCc1nc(C)c(C)s1)NC1CCN(C2CCCC2)CC1. The molecule has 5 nitrogen and oxygen atoms in total. The largest absolute Gasteiger partial charge is 0.354 e. The quantitative estimate of drug-likeness (QED) is 0.648. The molecule has 0 bridgehead atoms. The summed E-state index contributed by atoms with van der Waals surface area (Å²) in [6, 6.07) is 1.40. The summed E-state index contributed by atoms with van der Waals surface area (Å²) < 4.78 is 0. The van der Waals surface area contributed by atoms with E-state index in [1.54, 1.807) is 11.3 Å². The van der Waals surface area contributed by atoms with Crippen LogP contribution in [-0.2, 0) is 6.54 Å². The monoisotopic (exact) mass is 349 g/mol. The maximum absolute atomic E-state index is 4.58. The normalized spacial score (nSPS) is 21.4. The summed E-state index contributed by atoms with van der Waals surface area (Å²) in [5.41, 5.74) is 1.14. The van der Waals surface area contributed by atoms with Gasteiger partial charge in [0.25, 0.3) is 0 Å². The van der Waals surface area contributed by atoms with Crippen molar-refractivity contribution in [1.82, 2.24) is 20.5 Å². The van der Waals surface area contributed by atoms with Gasteiger partial charge in [0.2, 0.25) is 0 Å². The van der Waals surface area contributed by atoms with Crippen LogP contribution in [0.4, 0.5) is 0 Å². The Labute approximate surface area is 150 Å². The van der Waals surface area contributed by atoms with Crippen molar-refractivity contribution >= 4 is 17.3 Å². The fourth-order valence-electron chi connectivity index (χ4n) is 3.84. The Morgan fingerprint density at radius 3 is 2.50 bits per heavy atom. The third-order valence-electron chi connectivity index (χ3n) is 5.41. The molecule has 0 aromatic carbocycles. The topological polar surface area (TPSA) is 52.6 Å². The Kier molecular flexibility index (Phi) is 6.11. The van der Waals surface area contributed by atoms with Gasteiger partial charge in [-0.15, -0.1) is 11.3 Å². The molecule has 6 heteroatoms. The number of nitrogens with zero attached hydrogens (tertiary/aromatic N) is 3. The number of aromatic nitrogens is 1. The molecule has 24 heavy (non-hydrogen) atoms. The number of aliphatic imine (C=N–C) groups is 1. The van der Waals surface area contributed by atoms with Gasteiger partial charge in [0.15, 0.2) is 5.96 Å². The Morgan fingerprint density at radius 2 is 1.92 bits per heavy atom. The van der Waals surface area contributed by atoms with Gasteiger partial charge in [-0.05, 0) is 39.5 Å². The second-order valence-electron chi connectivity index (χ2n) is 7.07. The third kappa shape index (κ3) is 4.48. The molecule has 0 radical (unpaired) electrons. The fourth-order valence-corrected chi connectivity index (χ4v) is 4.71. The number of thiazole rings is 1. The van der Waals surface area contributed by atoms with Gasteiger partial charge < -0.3 is 15.5 Å². The second kappa shape index (κ2) is 8.30. The number of rotatable bonds is 4. The van der Waals surface area contributed by atoms with Crippen LogP contribution in [0.15, 0.2) is 4.99 Å². The Balaban J connectivity index is 1.42. The third-order valence-corrected chi connectivity index (χ3v) is 6.49. The highest BCUT2D eigenvalue weighted by atomic mass is 32.1. The number of piperidine rings is 1. The number of aryl methyl sites for hydroxylation is 2. The molecule has 1 aromatic rings.